The van der Waals surface area contributed by atoms with Gasteiger partial charge in [-0.05, 0) is 29.9 Å². The summed E-state index contributed by atoms with van der Waals surface area (Å²) in [5.74, 6) is -2.72. The van der Waals surface area contributed by atoms with Crippen LogP contribution < -0.4 is 32.3 Å². The van der Waals surface area contributed by atoms with Gasteiger partial charge in [0.15, 0.2) is 5.96 Å². The molecule has 8 N–H and O–H groups in total. The summed E-state index contributed by atoms with van der Waals surface area (Å²) in [4.78, 5) is 68.0. The van der Waals surface area contributed by atoms with Gasteiger partial charge in [-0.3, -0.25) is 14.6 Å². The number of urea groups is 1. The molecule has 0 saturated carbocycles. The van der Waals surface area contributed by atoms with Crippen molar-refractivity contribution in [3.8, 4) is 0 Å². The number of carbonyl (C=O) groups is 5. The minimum atomic E-state index is -1.27. The molecular formula is C31H41N7O6. The number of aliphatic carboxylic acids is 1. The number of guanidine groups is 1. The maximum absolute atomic E-state index is 13.7. The molecule has 0 aromatic heterocycles. The van der Waals surface area contributed by atoms with E-state index in [9.17, 15) is 29.1 Å². The number of carboxylic acid groups (broad SMARTS) is 1. The maximum atomic E-state index is 13.7. The largest absolute Gasteiger partial charge is 0.480 e. The number of nitrogens with one attached hydrogen (secondary N) is 5. The number of aldehydes is 1. The van der Waals surface area contributed by atoms with Gasteiger partial charge < -0.3 is 42.2 Å². The molecule has 13 heteroatoms. The summed E-state index contributed by atoms with van der Waals surface area (Å²) in [5, 5.41) is 23.1. The Morgan fingerprint density at radius 2 is 1.57 bits per heavy atom. The molecule has 1 heterocycles. The van der Waals surface area contributed by atoms with Crippen LogP contribution in [0.4, 0.5) is 4.79 Å². The summed E-state index contributed by atoms with van der Waals surface area (Å²) >= 11 is 0. The van der Waals surface area contributed by atoms with Crippen LogP contribution in [0, 0.1) is 5.92 Å². The number of carboxylic acids is 1. The van der Waals surface area contributed by atoms with Gasteiger partial charge in [-0.1, -0.05) is 80.9 Å². The summed E-state index contributed by atoms with van der Waals surface area (Å²) < 4.78 is 0. The number of nitrogens with zero attached hydrogens (tertiary/aromatic N) is 1. The molecule has 0 saturated heterocycles. The molecule has 0 spiro atoms. The van der Waals surface area contributed by atoms with E-state index in [1.54, 1.807) is 37.3 Å². The maximum Gasteiger partial charge on any atom is 0.326 e. The molecule has 1 aliphatic rings. The molecule has 2 aromatic rings. The standard InChI is InChI=1S/C31H41N7O6/c1-3-19(2)25(27(40)34-22(18-39)16-20-10-6-4-7-11-20)37-28(41)26(23-14-15-33-30(32)35-23)38-31(44)36-24(29(42)43)17-21-12-8-5-9-13-21/h4-13,18-19,22-26H,3,14-17H2,1-2H3,(H,34,40)(H,37,41)(H,42,43)(H3,32,33,35)(H2,36,38,44)/t19?,22?,23-,24-,25-,26?/m0/s1. The van der Waals surface area contributed by atoms with Crippen molar-refractivity contribution in [1.29, 1.82) is 0 Å². The van der Waals surface area contributed by atoms with Crippen molar-refractivity contribution in [2.45, 2.75) is 69.7 Å². The zero-order valence-electron chi connectivity index (χ0n) is 24.9. The van der Waals surface area contributed by atoms with Crippen LogP contribution in [0.25, 0.3) is 0 Å². The Kier molecular flexibility index (Phi) is 12.7. The Bertz CT molecular complexity index is 1310. The highest BCUT2D eigenvalue weighted by molar-refractivity contribution is 5.94. The number of amides is 4. The predicted octanol–water partition coefficient (Wildman–Crippen LogP) is 0.484. The minimum Gasteiger partial charge on any atom is -0.480 e. The van der Waals surface area contributed by atoms with Gasteiger partial charge in [0.25, 0.3) is 0 Å². The number of carbonyl (C=O) groups excluding carboxylic acids is 4. The van der Waals surface area contributed by atoms with E-state index >= 15 is 0 Å². The van der Waals surface area contributed by atoms with Crippen molar-refractivity contribution >= 4 is 36.1 Å². The summed E-state index contributed by atoms with van der Waals surface area (Å²) in [6.45, 7) is 3.94. The number of benzene rings is 2. The molecule has 0 aliphatic carbocycles. The zero-order chi connectivity index (χ0) is 32.1. The molecule has 6 atom stereocenters. The topological polar surface area (TPSA) is 204 Å². The predicted molar refractivity (Wildman–Crippen MR) is 165 cm³/mol. The first-order chi connectivity index (χ1) is 21.1. The lowest BCUT2D eigenvalue weighted by atomic mass is 9.96. The highest BCUT2D eigenvalue weighted by atomic mass is 16.4. The molecule has 3 unspecified atom stereocenters. The Morgan fingerprint density at radius 1 is 0.955 bits per heavy atom. The van der Waals surface area contributed by atoms with Crippen molar-refractivity contribution in [3.63, 3.8) is 0 Å². The monoisotopic (exact) mass is 607 g/mol. The summed E-state index contributed by atoms with van der Waals surface area (Å²) in [5.41, 5.74) is 7.42. The second-order valence-corrected chi connectivity index (χ2v) is 10.8. The third-order valence-electron chi connectivity index (χ3n) is 7.50. The lowest BCUT2D eigenvalue weighted by molar-refractivity contribution is -0.139. The molecule has 1 aliphatic heterocycles. The lowest BCUT2D eigenvalue weighted by Crippen LogP contribution is -2.65. The van der Waals surface area contributed by atoms with Crippen molar-refractivity contribution in [1.82, 2.24) is 26.6 Å². The van der Waals surface area contributed by atoms with Crippen LogP contribution in [0.15, 0.2) is 65.7 Å². The van der Waals surface area contributed by atoms with E-state index in [4.69, 9.17) is 5.73 Å². The van der Waals surface area contributed by atoms with Crippen molar-refractivity contribution in [3.05, 3.63) is 71.8 Å². The average Bonchev–Trinajstić information content (AvgIpc) is 3.02. The minimum absolute atomic E-state index is 0.0267. The van der Waals surface area contributed by atoms with Crippen LogP contribution >= 0.6 is 0 Å². The molecule has 0 bridgehead atoms. The Labute approximate surface area is 256 Å². The van der Waals surface area contributed by atoms with Gasteiger partial charge in [-0.15, -0.1) is 0 Å². The fourth-order valence-corrected chi connectivity index (χ4v) is 4.84. The van der Waals surface area contributed by atoms with E-state index in [1.165, 1.54) is 0 Å². The van der Waals surface area contributed by atoms with Crippen LogP contribution in [0.1, 0.15) is 37.8 Å². The van der Waals surface area contributed by atoms with Crippen molar-refractivity contribution in [2.24, 2.45) is 16.6 Å². The fourth-order valence-electron chi connectivity index (χ4n) is 4.84. The number of hydrogen-bond acceptors (Lipinski definition) is 8. The molecule has 4 amide bonds. The SMILES string of the molecule is CCC(C)[C@H](NC(=O)C(NC(=O)N[C@@H](Cc1ccccc1)C(=O)O)[C@@H]1CCN=C(N)N1)C(=O)NC(C=O)Cc1ccccc1. The van der Waals surface area contributed by atoms with E-state index in [1.807, 2.05) is 37.3 Å². The van der Waals surface area contributed by atoms with E-state index in [0.29, 0.717) is 24.7 Å². The second kappa shape index (κ2) is 16.6. The second-order valence-electron chi connectivity index (χ2n) is 10.8. The van der Waals surface area contributed by atoms with E-state index in [2.05, 4.69) is 31.6 Å². The summed E-state index contributed by atoms with van der Waals surface area (Å²) in [6, 6.07) is 12.1. The number of aliphatic imine (C=N–C) groups is 1. The molecular weight excluding hydrogens is 566 g/mol. The Morgan fingerprint density at radius 3 is 2.11 bits per heavy atom. The van der Waals surface area contributed by atoms with E-state index in [-0.39, 0.29) is 31.3 Å². The fraction of sp³-hybridized carbons (Fsp3) is 0.419. The molecule has 13 nitrogen and oxygen atoms in total. The van der Waals surface area contributed by atoms with Crippen LogP contribution in [0.3, 0.4) is 0 Å². The number of rotatable bonds is 15. The third kappa shape index (κ3) is 10.1. The summed E-state index contributed by atoms with van der Waals surface area (Å²) in [6.07, 6.45) is 1.81. The first kappa shape index (κ1) is 33.6. The smallest absolute Gasteiger partial charge is 0.326 e. The van der Waals surface area contributed by atoms with Gasteiger partial charge in [0.2, 0.25) is 11.8 Å². The molecule has 0 radical (unpaired) electrons. The van der Waals surface area contributed by atoms with Gasteiger partial charge in [0.05, 0.1) is 12.1 Å². The summed E-state index contributed by atoms with van der Waals surface area (Å²) in [7, 11) is 0. The first-order valence-corrected chi connectivity index (χ1v) is 14.6. The van der Waals surface area contributed by atoms with Gasteiger partial charge in [-0.2, -0.15) is 0 Å². The van der Waals surface area contributed by atoms with Gasteiger partial charge >= 0.3 is 12.0 Å². The van der Waals surface area contributed by atoms with Crippen LogP contribution in [0.5, 0.6) is 0 Å². The average molecular weight is 608 g/mol. The van der Waals surface area contributed by atoms with Gasteiger partial charge in [0, 0.05) is 13.0 Å². The van der Waals surface area contributed by atoms with Crippen LogP contribution in [-0.4, -0.2) is 77.9 Å². The quantitative estimate of drug-likeness (QED) is 0.142. The zero-order valence-corrected chi connectivity index (χ0v) is 24.9. The van der Waals surface area contributed by atoms with Crippen molar-refractivity contribution < 1.29 is 29.1 Å². The Balaban J connectivity index is 1.76. The molecule has 44 heavy (non-hydrogen) atoms. The van der Waals surface area contributed by atoms with Crippen LogP contribution in [0.2, 0.25) is 0 Å². The molecule has 3 rings (SSSR count). The number of nitrogens with two attached hydrogens (primary N) is 1. The van der Waals surface area contributed by atoms with Crippen LogP contribution in [-0.2, 0) is 32.0 Å². The third-order valence-corrected chi connectivity index (χ3v) is 7.50. The van der Waals surface area contributed by atoms with E-state index < -0.39 is 54.0 Å². The van der Waals surface area contributed by atoms with Crippen molar-refractivity contribution in [2.75, 3.05) is 6.54 Å². The normalized spacial score (nSPS) is 17.7. The molecule has 2 aromatic carbocycles. The molecule has 236 valence electrons. The highest BCUT2D eigenvalue weighted by Gasteiger charge is 2.36. The van der Waals surface area contributed by atoms with Gasteiger partial charge in [-0.25, -0.2) is 9.59 Å². The van der Waals surface area contributed by atoms with E-state index in [0.717, 1.165) is 5.56 Å². The first-order valence-electron chi connectivity index (χ1n) is 14.6. The number of hydrogen-bond donors (Lipinski definition) is 7. The lowest BCUT2D eigenvalue weighted by Gasteiger charge is -2.33. The molecule has 0 fully saturated rings. The Hall–Kier alpha value is -4.94. The highest BCUT2D eigenvalue weighted by Crippen LogP contribution is 2.12. The van der Waals surface area contributed by atoms with Gasteiger partial charge in [0.1, 0.15) is 24.4 Å².